The summed E-state index contributed by atoms with van der Waals surface area (Å²) in [5.41, 5.74) is 1.19. The molecule has 1 aliphatic carbocycles. The molecule has 94 valence electrons. The SMILES string of the molecule is CCC1CCC(C)(c2cc(O)cc(O)c2)CC1. The summed E-state index contributed by atoms with van der Waals surface area (Å²) in [6, 6.07) is 4.99. The van der Waals surface area contributed by atoms with Crippen LogP contribution < -0.4 is 0 Å². The Morgan fingerprint density at radius 3 is 2.12 bits per heavy atom. The lowest BCUT2D eigenvalue weighted by molar-refractivity contribution is 0.242. The lowest BCUT2D eigenvalue weighted by atomic mass is 9.67. The first-order chi connectivity index (χ1) is 8.03. The molecule has 0 saturated heterocycles. The summed E-state index contributed by atoms with van der Waals surface area (Å²) in [7, 11) is 0. The second kappa shape index (κ2) is 4.59. The minimum atomic E-state index is 0.113. The predicted molar refractivity (Wildman–Crippen MR) is 69.4 cm³/mol. The van der Waals surface area contributed by atoms with Crippen molar-refractivity contribution >= 4 is 0 Å². The summed E-state index contributed by atoms with van der Waals surface area (Å²) in [6.07, 6.45) is 6.07. The first kappa shape index (κ1) is 12.3. The van der Waals surface area contributed by atoms with Crippen molar-refractivity contribution in [1.29, 1.82) is 0 Å². The number of hydrogen-bond donors (Lipinski definition) is 2. The monoisotopic (exact) mass is 234 g/mol. The number of hydrogen-bond acceptors (Lipinski definition) is 2. The minimum absolute atomic E-state index is 0.113. The van der Waals surface area contributed by atoms with E-state index in [1.165, 1.54) is 25.3 Å². The molecule has 0 bridgehead atoms. The molecule has 17 heavy (non-hydrogen) atoms. The number of rotatable bonds is 2. The van der Waals surface area contributed by atoms with Gasteiger partial charge in [-0.1, -0.05) is 20.3 Å². The molecule has 2 heteroatoms. The highest BCUT2D eigenvalue weighted by atomic mass is 16.3. The van der Waals surface area contributed by atoms with Gasteiger partial charge in [0.2, 0.25) is 0 Å². The fourth-order valence-electron chi connectivity index (χ4n) is 2.96. The highest BCUT2D eigenvalue weighted by Gasteiger charge is 2.32. The number of benzene rings is 1. The van der Waals surface area contributed by atoms with E-state index >= 15 is 0 Å². The van der Waals surface area contributed by atoms with Crippen molar-refractivity contribution in [1.82, 2.24) is 0 Å². The van der Waals surface area contributed by atoms with Crippen LogP contribution in [0.3, 0.4) is 0 Å². The van der Waals surface area contributed by atoms with Crippen LogP contribution in [0.5, 0.6) is 11.5 Å². The molecule has 0 heterocycles. The average Bonchev–Trinajstić information content (AvgIpc) is 2.29. The smallest absolute Gasteiger partial charge is 0.119 e. The third-order valence-corrected chi connectivity index (χ3v) is 4.39. The average molecular weight is 234 g/mol. The van der Waals surface area contributed by atoms with E-state index in [0.717, 1.165) is 24.3 Å². The molecule has 1 saturated carbocycles. The van der Waals surface area contributed by atoms with Gasteiger partial charge in [0, 0.05) is 6.07 Å². The molecule has 0 spiro atoms. The van der Waals surface area contributed by atoms with E-state index in [4.69, 9.17) is 0 Å². The van der Waals surface area contributed by atoms with Crippen LogP contribution in [-0.4, -0.2) is 10.2 Å². The normalized spacial score (nSPS) is 29.2. The molecular formula is C15H22O2. The fourth-order valence-corrected chi connectivity index (χ4v) is 2.96. The van der Waals surface area contributed by atoms with Crippen molar-refractivity contribution < 1.29 is 10.2 Å². The van der Waals surface area contributed by atoms with E-state index in [2.05, 4.69) is 13.8 Å². The van der Waals surface area contributed by atoms with Gasteiger partial charge in [-0.2, -0.15) is 0 Å². The summed E-state index contributed by atoms with van der Waals surface area (Å²) in [6.45, 7) is 4.50. The van der Waals surface area contributed by atoms with E-state index in [1.54, 1.807) is 12.1 Å². The van der Waals surface area contributed by atoms with Crippen molar-refractivity contribution in [3.8, 4) is 11.5 Å². The third kappa shape index (κ3) is 2.56. The fraction of sp³-hybridized carbons (Fsp3) is 0.600. The Kier molecular flexibility index (Phi) is 3.32. The van der Waals surface area contributed by atoms with Crippen LogP contribution in [-0.2, 0) is 5.41 Å². The van der Waals surface area contributed by atoms with Gasteiger partial charge in [-0.15, -0.1) is 0 Å². The van der Waals surface area contributed by atoms with Crippen molar-refractivity contribution in [3.63, 3.8) is 0 Å². The number of phenolic OH excluding ortho intramolecular Hbond substituents is 2. The highest BCUT2D eigenvalue weighted by Crippen LogP contribution is 2.43. The Morgan fingerprint density at radius 2 is 1.65 bits per heavy atom. The van der Waals surface area contributed by atoms with Crippen LogP contribution in [0.4, 0.5) is 0 Å². The summed E-state index contributed by atoms with van der Waals surface area (Å²) < 4.78 is 0. The van der Waals surface area contributed by atoms with Gasteiger partial charge >= 0.3 is 0 Å². The molecule has 0 radical (unpaired) electrons. The molecule has 2 rings (SSSR count). The van der Waals surface area contributed by atoms with E-state index in [0.29, 0.717) is 0 Å². The second-order valence-corrected chi connectivity index (χ2v) is 5.65. The van der Waals surface area contributed by atoms with Crippen molar-refractivity contribution in [2.24, 2.45) is 5.92 Å². The second-order valence-electron chi connectivity index (χ2n) is 5.65. The standard InChI is InChI=1S/C15H22O2/c1-3-11-4-6-15(2,7-5-11)12-8-13(16)10-14(17)9-12/h8-11,16-17H,3-7H2,1-2H3. The van der Waals surface area contributed by atoms with Crippen LogP contribution in [0, 0.1) is 5.92 Å². The first-order valence-corrected chi connectivity index (χ1v) is 6.57. The maximum Gasteiger partial charge on any atom is 0.119 e. The molecule has 0 amide bonds. The number of aromatic hydroxyl groups is 2. The van der Waals surface area contributed by atoms with Crippen molar-refractivity contribution in [2.75, 3.05) is 0 Å². The Labute approximate surface area is 103 Å². The molecule has 2 N–H and O–H groups in total. The Morgan fingerprint density at radius 1 is 1.12 bits per heavy atom. The number of phenols is 2. The summed E-state index contributed by atoms with van der Waals surface area (Å²) in [4.78, 5) is 0. The van der Waals surface area contributed by atoms with Gasteiger partial charge in [0.05, 0.1) is 0 Å². The molecule has 1 aliphatic rings. The summed E-state index contributed by atoms with van der Waals surface area (Å²) >= 11 is 0. The van der Waals surface area contributed by atoms with E-state index < -0.39 is 0 Å². The zero-order chi connectivity index (χ0) is 12.5. The van der Waals surface area contributed by atoms with Crippen LogP contribution in [0.1, 0.15) is 51.5 Å². The molecular weight excluding hydrogens is 212 g/mol. The molecule has 2 nitrogen and oxygen atoms in total. The quantitative estimate of drug-likeness (QED) is 0.813. The largest absolute Gasteiger partial charge is 0.508 e. The predicted octanol–water partition coefficient (Wildman–Crippen LogP) is 3.96. The molecule has 0 aliphatic heterocycles. The first-order valence-electron chi connectivity index (χ1n) is 6.57. The van der Waals surface area contributed by atoms with Gasteiger partial charge in [-0.05, 0) is 54.7 Å². The Hall–Kier alpha value is -1.18. The van der Waals surface area contributed by atoms with Gasteiger partial charge in [-0.3, -0.25) is 0 Å². The van der Waals surface area contributed by atoms with Gasteiger partial charge < -0.3 is 10.2 Å². The van der Waals surface area contributed by atoms with E-state index in [1.807, 2.05) is 0 Å². The van der Waals surface area contributed by atoms with Gasteiger partial charge in [-0.25, -0.2) is 0 Å². The van der Waals surface area contributed by atoms with Gasteiger partial charge in [0.1, 0.15) is 11.5 Å². The zero-order valence-electron chi connectivity index (χ0n) is 10.7. The maximum atomic E-state index is 9.58. The van der Waals surface area contributed by atoms with Crippen LogP contribution >= 0.6 is 0 Å². The summed E-state index contributed by atoms with van der Waals surface area (Å²) in [5.74, 6) is 1.19. The molecule has 1 fully saturated rings. The van der Waals surface area contributed by atoms with E-state index in [-0.39, 0.29) is 16.9 Å². The zero-order valence-corrected chi connectivity index (χ0v) is 10.7. The van der Waals surface area contributed by atoms with Gasteiger partial charge in [0.25, 0.3) is 0 Å². The van der Waals surface area contributed by atoms with Crippen molar-refractivity contribution in [2.45, 2.75) is 51.4 Å². The molecule has 1 aromatic rings. The van der Waals surface area contributed by atoms with Crippen LogP contribution in [0.15, 0.2) is 18.2 Å². The third-order valence-electron chi connectivity index (χ3n) is 4.39. The van der Waals surface area contributed by atoms with Crippen molar-refractivity contribution in [3.05, 3.63) is 23.8 Å². The Balaban J connectivity index is 2.21. The lowest BCUT2D eigenvalue weighted by Crippen LogP contribution is -2.28. The molecule has 0 unspecified atom stereocenters. The Bertz CT molecular complexity index is 370. The van der Waals surface area contributed by atoms with Crippen LogP contribution in [0.25, 0.3) is 0 Å². The molecule has 1 aromatic carbocycles. The molecule has 0 atom stereocenters. The van der Waals surface area contributed by atoms with Gasteiger partial charge in [0.15, 0.2) is 0 Å². The topological polar surface area (TPSA) is 40.5 Å². The summed E-state index contributed by atoms with van der Waals surface area (Å²) in [5, 5.41) is 19.2. The van der Waals surface area contributed by atoms with E-state index in [9.17, 15) is 10.2 Å². The highest BCUT2D eigenvalue weighted by molar-refractivity contribution is 5.40. The molecule has 0 aromatic heterocycles. The maximum absolute atomic E-state index is 9.58. The minimum Gasteiger partial charge on any atom is -0.508 e. The van der Waals surface area contributed by atoms with Crippen LogP contribution in [0.2, 0.25) is 0 Å². The lowest BCUT2D eigenvalue weighted by Gasteiger charge is -2.37.